The summed E-state index contributed by atoms with van der Waals surface area (Å²) < 4.78 is 2.96. The Hall–Kier alpha value is -1.09. The standard InChI is InChI=1S/C13H12BrNO/c1-8-6-9-7-10(14)2-5-12(9)13(16)15(8)11-3-4-11/h2,5-7,11H,3-4H2,1H3. The van der Waals surface area contributed by atoms with Crippen LogP contribution >= 0.6 is 15.9 Å². The van der Waals surface area contributed by atoms with E-state index in [9.17, 15) is 4.79 Å². The molecule has 3 rings (SSSR count). The summed E-state index contributed by atoms with van der Waals surface area (Å²) in [6.07, 6.45) is 2.28. The highest BCUT2D eigenvalue weighted by Crippen LogP contribution is 2.35. The molecule has 0 aliphatic heterocycles. The van der Waals surface area contributed by atoms with Gasteiger partial charge in [0.2, 0.25) is 0 Å². The number of benzene rings is 1. The number of rotatable bonds is 1. The number of hydrogen-bond acceptors (Lipinski definition) is 1. The summed E-state index contributed by atoms with van der Waals surface area (Å²) in [5.41, 5.74) is 1.23. The van der Waals surface area contributed by atoms with Crippen molar-refractivity contribution in [3.8, 4) is 0 Å². The highest BCUT2D eigenvalue weighted by atomic mass is 79.9. The van der Waals surface area contributed by atoms with Crippen LogP contribution in [0.2, 0.25) is 0 Å². The van der Waals surface area contributed by atoms with Gasteiger partial charge in [-0.25, -0.2) is 0 Å². The van der Waals surface area contributed by atoms with E-state index in [1.807, 2.05) is 29.7 Å². The number of fused-ring (bicyclic) bond motifs is 1. The van der Waals surface area contributed by atoms with E-state index in [-0.39, 0.29) is 5.56 Å². The summed E-state index contributed by atoms with van der Waals surface area (Å²) in [5, 5.41) is 1.84. The summed E-state index contributed by atoms with van der Waals surface area (Å²) in [6, 6.07) is 8.37. The van der Waals surface area contributed by atoms with Gasteiger partial charge in [-0.3, -0.25) is 4.79 Å². The van der Waals surface area contributed by atoms with Crippen molar-refractivity contribution in [3.05, 3.63) is 44.8 Å². The molecule has 3 heteroatoms. The fourth-order valence-electron chi connectivity index (χ4n) is 2.22. The van der Waals surface area contributed by atoms with Crippen molar-refractivity contribution in [1.82, 2.24) is 4.57 Å². The average molecular weight is 278 g/mol. The van der Waals surface area contributed by atoms with E-state index in [2.05, 4.69) is 22.0 Å². The SMILES string of the molecule is Cc1cc2cc(Br)ccc2c(=O)n1C1CC1. The second kappa shape index (κ2) is 3.45. The highest BCUT2D eigenvalue weighted by Gasteiger charge is 2.26. The Morgan fingerprint density at radius 1 is 1.31 bits per heavy atom. The van der Waals surface area contributed by atoms with Crippen LogP contribution in [0.3, 0.4) is 0 Å². The summed E-state index contributed by atoms with van der Waals surface area (Å²) in [4.78, 5) is 12.3. The van der Waals surface area contributed by atoms with Gasteiger partial charge in [0.15, 0.2) is 0 Å². The number of nitrogens with zero attached hydrogens (tertiary/aromatic N) is 1. The lowest BCUT2D eigenvalue weighted by Crippen LogP contribution is -2.21. The van der Waals surface area contributed by atoms with Gasteiger partial charge in [0.25, 0.3) is 5.56 Å². The first kappa shape index (κ1) is 10.1. The first-order valence-corrected chi connectivity index (χ1v) is 6.27. The molecule has 1 aliphatic carbocycles. The van der Waals surface area contributed by atoms with Crippen LogP contribution in [0.1, 0.15) is 24.6 Å². The largest absolute Gasteiger partial charge is 0.309 e. The van der Waals surface area contributed by atoms with Gasteiger partial charge in [-0.15, -0.1) is 0 Å². The number of hydrogen-bond donors (Lipinski definition) is 0. The van der Waals surface area contributed by atoms with Crippen LogP contribution in [0.4, 0.5) is 0 Å². The Labute approximate surface area is 102 Å². The molecule has 0 atom stereocenters. The van der Waals surface area contributed by atoms with Gasteiger partial charge in [0, 0.05) is 21.6 Å². The third-order valence-electron chi connectivity index (χ3n) is 3.12. The number of aromatic nitrogens is 1. The van der Waals surface area contributed by atoms with Crippen molar-refractivity contribution in [3.63, 3.8) is 0 Å². The molecule has 2 aromatic rings. The van der Waals surface area contributed by atoms with Gasteiger partial charge in [0.05, 0.1) is 0 Å². The molecule has 1 aliphatic rings. The molecular weight excluding hydrogens is 266 g/mol. The Bertz CT molecular complexity index is 626. The Kier molecular flexibility index (Phi) is 2.18. The van der Waals surface area contributed by atoms with E-state index in [1.54, 1.807) is 0 Å². The fraction of sp³-hybridized carbons (Fsp3) is 0.308. The minimum atomic E-state index is 0.157. The molecule has 0 N–H and O–H groups in total. The zero-order chi connectivity index (χ0) is 11.3. The molecule has 82 valence electrons. The molecule has 0 spiro atoms. The second-order valence-electron chi connectivity index (χ2n) is 4.42. The van der Waals surface area contributed by atoms with Crippen LogP contribution in [0.5, 0.6) is 0 Å². The lowest BCUT2D eigenvalue weighted by molar-refractivity contribution is 0.689. The highest BCUT2D eigenvalue weighted by molar-refractivity contribution is 9.10. The first-order chi connectivity index (χ1) is 7.66. The van der Waals surface area contributed by atoms with Gasteiger partial charge >= 0.3 is 0 Å². The lowest BCUT2D eigenvalue weighted by Gasteiger charge is -2.10. The maximum atomic E-state index is 12.3. The minimum Gasteiger partial charge on any atom is -0.309 e. The van der Waals surface area contributed by atoms with Gasteiger partial charge in [-0.05, 0) is 49.4 Å². The van der Waals surface area contributed by atoms with Crippen molar-refractivity contribution in [2.24, 2.45) is 0 Å². The van der Waals surface area contributed by atoms with Crippen LogP contribution in [0.25, 0.3) is 10.8 Å². The van der Waals surface area contributed by atoms with Crippen LogP contribution in [-0.4, -0.2) is 4.57 Å². The van der Waals surface area contributed by atoms with Gasteiger partial charge in [-0.1, -0.05) is 15.9 Å². The van der Waals surface area contributed by atoms with E-state index < -0.39 is 0 Å². The third kappa shape index (κ3) is 1.50. The van der Waals surface area contributed by atoms with E-state index in [0.717, 1.165) is 33.8 Å². The second-order valence-corrected chi connectivity index (χ2v) is 5.34. The number of halogens is 1. The van der Waals surface area contributed by atoms with Crippen molar-refractivity contribution < 1.29 is 0 Å². The van der Waals surface area contributed by atoms with E-state index >= 15 is 0 Å². The predicted octanol–water partition coefficient (Wildman–Crippen LogP) is 3.41. The van der Waals surface area contributed by atoms with Crippen LogP contribution < -0.4 is 5.56 Å². The van der Waals surface area contributed by atoms with E-state index in [4.69, 9.17) is 0 Å². The van der Waals surface area contributed by atoms with Crippen molar-refractivity contribution in [1.29, 1.82) is 0 Å². The molecule has 1 aromatic carbocycles. The van der Waals surface area contributed by atoms with Crippen LogP contribution in [0.15, 0.2) is 33.5 Å². The molecule has 2 nitrogen and oxygen atoms in total. The molecule has 0 radical (unpaired) electrons. The third-order valence-corrected chi connectivity index (χ3v) is 3.61. The van der Waals surface area contributed by atoms with Crippen LogP contribution in [0, 0.1) is 6.92 Å². The molecule has 0 unspecified atom stereocenters. The molecular formula is C13H12BrNO. The van der Waals surface area contributed by atoms with Gasteiger partial charge < -0.3 is 4.57 Å². The summed E-state index contributed by atoms with van der Waals surface area (Å²) in [7, 11) is 0. The number of aryl methyl sites for hydroxylation is 1. The summed E-state index contributed by atoms with van der Waals surface area (Å²) >= 11 is 3.43. The minimum absolute atomic E-state index is 0.157. The maximum Gasteiger partial charge on any atom is 0.258 e. The Morgan fingerprint density at radius 3 is 2.75 bits per heavy atom. The monoisotopic (exact) mass is 277 g/mol. The van der Waals surface area contributed by atoms with Crippen molar-refractivity contribution >= 4 is 26.7 Å². The molecule has 16 heavy (non-hydrogen) atoms. The number of pyridine rings is 1. The van der Waals surface area contributed by atoms with Crippen molar-refractivity contribution in [2.45, 2.75) is 25.8 Å². The smallest absolute Gasteiger partial charge is 0.258 e. The predicted molar refractivity (Wildman–Crippen MR) is 68.9 cm³/mol. The maximum absolute atomic E-state index is 12.3. The molecule has 1 fully saturated rings. The van der Waals surface area contributed by atoms with Crippen LogP contribution in [-0.2, 0) is 0 Å². The van der Waals surface area contributed by atoms with E-state index in [0.29, 0.717) is 6.04 Å². The normalized spacial score (nSPS) is 15.6. The lowest BCUT2D eigenvalue weighted by atomic mass is 10.1. The molecule has 0 amide bonds. The first-order valence-electron chi connectivity index (χ1n) is 5.48. The topological polar surface area (TPSA) is 22.0 Å². The van der Waals surface area contributed by atoms with Crippen molar-refractivity contribution in [2.75, 3.05) is 0 Å². The molecule has 0 bridgehead atoms. The Balaban J connectivity index is 2.39. The molecule has 1 heterocycles. The summed E-state index contributed by atoms with van der Waals surface area (Å²) in [6.45, 7) is 2.01. The zero-order valence-electron chi connectivity index (χ0n) is 9.03. The summed E-state index contributed by atoms with van der Waals surface area (Å²) in [5.74, 6) is 0. The quantitative estimate of drug-likeness (QED) is 0.783. The molecule has 1 aromatic heterocycles. The Morgan fingerprint density at radius 2 is 2.06 bits per heavy atom. The van der Waals surface area contributed by atoms with Gasteiger partial charge in [0.1, 0.15) is 0 Å². The van der Waals surface area contributed by atoms with E-state index in [1.165, 1.54) is 0 Å². The fourth-order valence-corrected chi connectivity index (χ4v) is 2.60. The zero-order valence-corrected chi connectivity index (χ0v) is 10.6. The average Bonchev–Trinajstić information content (AvgIpc) is 3.01. The van der Waals surface area contributed by atoms with Gasteiger partial charge in [-0.2, -0.15) is 0 Å². The molecule has 1 saturated carbocycles. The molecule has 0 saturated heterocycles.